The van der Waals surface area contributed by atoms with Crippen LogP contribution in [0.15, 0.2) is 48.7 Å². The molecule has 7 nitrogen and oxygen atoms in total. The van der Waals surface area contributed by atoms with Gasteiger partial charge in [-0.15, -0.1) is 10.2 Å². The number of pyridine rings is 1. The van der Waals surface area contributed by atoms with Crippen LogP contribution in [0.25, 0.3) is 11.3 Å². The third-order valence-corrected chi connectivity index (χ3v) is 5.52. The Bertz CT molecular complexity index is 1100. The molecule has 3 N–H and O–H groups in total. The van der Waals surface area contributed by atoms with Crippen LogP contribution in [0, 0.1) is 5.82 Å². The molecule has 0 saturated heterocycles. The molecule has 0 bridgehead atoms. The van der Waals surface area contributed by atoms with E-state index in [1.165, 1.54) is 37.5 Å². The maximum atomic E-state index is 14.3. The molecule has 1 aliphatic rings. The van der Waals surface area contributed by atoms with Gasteiger partial charge in [-0.2, -0.15) is 0 Å². The van der Waals surface area contributed by atoms with Gasteiger partial charge in [-0.25, -0.2) is 8.78 Å². The standard InChI is InChI=1S/C22H21F2N5O2/c1-25-21(31)15-9-13(4-6-18(15)30)17-5-7-19(29-28-17)27-12-22(10-14(23)11-22)20-16(24)3-2-8-26-20/h2-9,14,30H,10-12H2,1H3,(H,25,31)(H,27,29)/t14-,22-. The van der Waals surface area contributed by atoms with E-state index in [-0.39, 0.29) is 36.4 Å². The number of hydrogen-bond acceptors (Lipinski definition) is 6. The number of phenols is 1. The molecule has 4 rings (SSSR count). The predicted molar refractivity (Wildman–Crippen MR) is 111 cm³/mol. The maximum absolute atomic E-state index is 14.3. The summed E-state index contributed by atoms with van der Waals surface area (Å²) in [6.45, 7) is 0.273. The topological polar surface area (TPSA) is 100 Å². The highest BCUT2D eigenvalue weighted by atomic mass is 19.1. The summed E-state index contributed by atoms with van der Waals surface area (Å²) < 4.78 is 27.9. The zero-order chi connectivity index (χ0) is 22.0. The molecule has 9 heteroatoms. The minimum atomic E-state index is -0.985. The molecule has 0 radical (unpaired) electrons. The van der Waals surface area contributed by atoms with E-state index < -0.39 is 23.3 Å². The predicted octanol–water partition coefficient (Wildman–Crippen LogP) is 3.22. The van der Waals surface area contributed by atoms with Gasteiger partial charge in [-0.05, 0) is 55.3 Å². The van der Waals surface area contributed by atoms with Crippen LogP contribution in [0.1, 0.15) is 28.9 Å². The van der Waals surface area contributed by atoms with Gasteiger partial charge in [0.05, 0.1) is 17.0 Å². The Kier molecular flexibility index (Phi) is 5.50. The molecular formula is C22H21F2N5O2. The van der Waals surface area contributed by atoms with E-state index in [1.807, 2.05) is 0 Å². The summed E-state index contributed by atoms with van der Waals surface area (Å²) in [6, 6.07) is 10.8. The van der Waals surface area contributed by atoms with Crippen LogP contribution in [-0.2, 0) is 5.41 Å². The summed E-state index contributed by atoms with van der Waals surface area (Å²) in [6.07, 6.45) is 0.899. The van der Waals surface area contributed by atoms with Crippen LogP contribution in [0.3, 0.4) is 0 Å². The molecule has 3 aromatic rings. The zero-order valence-electron chi connectivity index (χ0n) is 16.8. The Morgan fingerprint density at radius 1 is 1.23 bits per heavy atom. The number of phenolic OH excluding ortho intramolecular Hbond substituents is 1. The molecule has 1 fully saturated rings. The van der Waals surface area contributed by atoms with Crippen LogP contribution in [0.2, 0.25) is 0 Å². The van der Waals surface area contributed by atoms with E-state index >= 15 is 0 Å². The molecular weight excluding hydrogens is 404 g/mol. The highest BCUT2D eigenvalue weighted by Gasteiger charge is 2.48. The number of nitrogens with zero attached hydrogens (tertiary/aromatic N) is 3. The fourth-order valence-corrected chi connectivity index (χ4v) is 3.84. The Morgan fingerprint density at radius 2 is 2.03 bits per heavy atom. The number of hydrogen-bond donors (Lipinski definition) is 3. The van der Waals surface area contributed by atoms with Crippen molar-refractivity contribution in [3.8, 4) is 17.0 Å². The second kappa shape index (κ2) is 8.25. The SMILES string of the molecule is CNC(=O)c1cc(-c2ccc(NC[C@]3(c4ncccc4F)C[C@H](F)C3)nn2)ccc1O. The van der Waals surface area contributed by atoms with Crippen molar-refractivity contribution >= 4 is 11.7 Å². The molecule has 1 aliphatic carbocycles. The third-order valence-electron chi connectivity index (χ3n) is 5.52. The van der Waals surface area contributed by atoms with Crippen molar-refractivity contribution in [3.63, 3.8) is 0 Å². The number of halogens is 2. The first-order valence-corrected chi connectivity index (χ1v) is 9.80. The molecule has 1 amide bonds. The van der Waals surface area contributed by atoms with Crippen LogP contribution >= 0.6 is 0 Å². The first-order chi connectivity index (χ1) is 14.9. The lowest BCUT2D eigenvalue weighted by Crippen LogP contribution is -2.49. The van der Waals surface area contributed by atoms with Gasteiger partial charge >= 0.3 is 0 Å². The summed E-state index contributed by atoms with van der Waals surface area (Å²) in [7, 11) is 1.48. The minimum absolute atomic E-state index is 0.131. The Morgan fingerprint density at radius 3 is 2.68 bits per heavy atom. The van der Waals surface area contributed by atoms with Crippen LogP contribution < -0.4 is 10.6 Å². The summed E-state index contributed by atoms with van der Waals surface area (Å²) in [5, 5.41) is 23.7. The van der Waals surface area contributed by atoms with Gasteiger partial charge in [0.2, 0.25) is 0 Å². The molecule has 2 aromatic heterocycles. The zero-order valence-corrected chi connectivity index (χ0v) is 16.8. The lowest BCUT2D eigenvalue weighted by atomic mass is 9.65. The number of anilines is 1. The molecule has 0 aliphatic heterocycles. The highest BCUT2D eigenvalue weighted by Crippen LogP contribution is 2.45. The number of alkyl halides is 1. The van der Waals surface area contributed by atoms with E-state index in [2.05, 4.69) is 25.8 Å². The Labute approximate surface area is 177 Å². The average molecular weight is 425 g/mol. The highest BCUT2D eigenvalue weighted by molar-refractivity contribution is 5.97. The molecule has 0 spiro atoms. The van der Waals surface area contributed by atoms with E-state index in [1.54, 1.807) is 18.2 Å². The minimum Gasteiger partial charge on any atom is -0.507 e. The van der Waals surface area contributed by atoms with Crippen molar-refractivity contribution in [2.24, 2.45) is 0 Å². The second-order valence-corrected chi connectivity index (χ2v) is 7.59. The number of carbonyl (C=O) groups excluding carboxylic acids is 1. The van der Waals surface area contributed by atoms with Gasteiger partial charge in [0.15, 0.2) is 0 Å². The largest absolute Gasteiger partial charge is 0.507 e. The fraction of sp³-hybridized carbons (Fsp3) is 0.273. The van der Waals surface area contributed by atoms with Crippen LogP contribution in [-0.4, -0.2) is 46.0 Å². The number of amides is 1. The van der Waals surface area contributed by atoms with Gasteiger partial charge in [0.25, 0.3) is 5.91 Å². The molecule has 2 heterocycles. The number of nitrogens with one attached hydrogen (secondary N) is 2. The Hall–Kier alpha value is -3.62. The second-order valence-electron chi connectivity index (χ2n) is 7.59. The number of carbonyl (C=O) groups is 1. The van der Waals surface area contributed by atoms with Gasteiger partial charge < -0.3 is 15.7 Å². The van der Waals surface area contributed by atoms with E-state index in [0.29, 0.717) is 17.1 Å². The molecule has 160 valence electrons. The van der Waals surface area contributed by atoms with Crippen molar-refractivity contribution in [1.82, 2.24) is 20.5 Å². The molecule has 0 unspecified atom stereocenters. The summed E-state index contributed by atoms with van der Waals surface area (Å²) in [5.74, 6) is -0.540. The van der Waals surface area contributed by atoms with Gasteiger partial charge in [0.1, 0.15) is 23.6 Å². The number of aromatic hydroxyl groups is 1. The van der Waals surface area contributed by atoms with E-state index in [4.69, 9.17) is 0 Å². The number of benzene rings is 1. The van der Waals surface area contributed by atoms with Gasteiger partial charge in [-0.1, -0.05) is 0 Å². The first-order valence-electron chi connectivity index (χ1n) is 9.80. The average Bonchev–Trinajstić information content (AvgIpc) is 2.76. The smallest absolute Gasteiger partial charge is 0.254 e. The van der Waals surface area contributed by atoms with Gasteiger partial charge in [0, 0.05) is 30.8 Å². The van der Waals surface area contributed by atoms with Gasteiger partial charge in [-0.3, -0.25) is 9.78 Å². The summed E-state index contributed by atoms with van der Waals surface area (Å²) in [4.78, 5) is 16.0. The maximum Gasteiger partial charge on any atom is 0.254 e. The normalized spacial score (nSPS) is 20.0. The van der Waals surface area contributed by atoms with Crippen molar-refractivity contribution < 1.29 is 18.7 Å². The molecule has 0 atom stereocenters. The monoisotopic (exact) mass is 425 g/mol. The van der Waals surface area contributed by atoms with Crippen LogP contribution in [0.5, 0.6) is 5.75 Å². The third kappa shape index (κ3) is 4.03. The lowest BCUT2D eigenvalue weighted by molar-refractivity contribution is 0.0957. The van der Waals surface area contributed by atoms with E-state index in [0.717, 1.165) is 0 Å². The van der Waals surface area contributed by atoms with Crippen LogP contribution in [0.4, 0.5) is 14.6 Å². The fourth-order valence-electron chi connectivity index (χ4n) is 3.84. The first kappa shape index (κ1) is 20.6. The summed E-state index contributed by atoms with van der Waals surface area (Å²) >= 11 is 0. The van der Waals surface area contributed by atoms with E-state index in [9.17, 15) is 18.7 Å². The van der Waals surface area contributed by atoms with Crippen molar-refractivity contribution in [2.45, 2.75) is 24.4 Å². The van der Waals surface area contributed by atoms with Crippen molar-refractivity contribution in [2.75, 3.05) is 18.9 Å². The van der Waals surface area contributed by atoms with Crippen molar-refractivity contribution in [3.05, 3.63) is 65.7 Å². The summed E-state index contributed by atoms with van der Waals surface area (Å²) in [5.41, 5.74) is 0.779. The molecule has 31 heavy (non-hydrogen) atoms. The lowest BCUT2D eigenvalue weighted by Gasteiger charge is -2.44. The molecule has 1 aromatic carbocycles. The quantitative estimate of drug-likeness (QED) is 0.561. The molecule has 1 saturated carbocycles. The van der Waals surface area contributed by atoms with Crippen molar-refractivity contribution in [1.29, 1.82) is 0 Å². The number of aromatic nitrogens is 3. The number of rotatable bonds is 6. The Balaban J connectivity index is 1.50.